The third kappa shape index (κ3) is 6.09. The zero-order valence-corrected chi connectivity index (χ0v) is 25.2. The second-order valence-electron chi connectivity index (χ2n) is 11.9. The van der Waals surface area contributed by atoms with Crippen LogP contribution in [0.5, 0.6) is 11.5 Å². The molecule has 0 unspecified atom stereocenters. The third-order valence-corrected chi connectivity index (χ3v) is 8.98. The minimum absolute atomic E-state index is 0.0558. The summed E-state index contributed by atoms with van der Waals surface area (Å²) in [5.74, 6) is 2.29. The third-order valence-electron chi connectivity index (χ3n) is 8.75. The molecule has 9 heteroatoms. The lowest BCUT2D eigenvalue weighted by atomic mass is 9.94. The van der Waals surface area contributed by atoms with Gasteiger partial charge in [-0.25, -0.2) is 4.99 Å². The molecule has 0 aliphatic carbocycles. The number of rotatable bonds is 7. The van der Waals surface area contributed by atoms with E-state index in [0.29, 0.717) is 55.7 Å². The molecule has 0 bridgehead atoms. The summed E-state index contributed by atoms with van der Waals surface area (Å²) in [5, 5.41) is 0.613. The molecular weight excluding hydrogens is 538 g/mol. The summed E-state index contributed by atoms with van der Waals surface area (Å²) in [7, 11) is 0. The first-order valence-corrected chi connectivity index (χ1v) is 15.3. The minimum Gasteiger partial charge on any atom is -0.454 e. The molecule has 3 aliphatic rings. The Morgan fingerprint density at radius 2 is 1.85 bits per heavy atom. The van der Waals surface area contributed by atoms with Crippen LogP contribution in [0.25, 0.3) is 0 Å². The Balaban J connectivity index is 1.32. The summed E-state index contributed by atoms with van der Waals surface area (Å²) in [6.45, 7) is 9.25. The predicted molar refractivity (Wildman–Crippen MR) is 163 cm³/mol. The van der Waals surface area contributed by atoms with E-state index >= 15 is 0 Å². The van der Waals surface area contributed by atoms with Crippen molar-refractivity contribution < 1.29 is 14.3 Å². The molecule has 8 nitrogen and oxygen atoms in total. The Morgan fingerprint density at radius 1 is 1.10 bits per heavy atom. The Kier molecular flexibility index (Phi) is 8.90. The fourth-order valence-electron chi connectivity index (χ4n) is 6.37. The Hall–Kier alpha value is -3.10. The molecule has 2 fully saturated rings. The highest BCUT2D eigenvalue weighted by atomic mass is 35.5. The average Bonchev–Trinajstić information content (AvgIpc) is 3.19. The van der Waals surface area contributed by atoms with Gasteiger partial charge in [0.25, 0.3) is 0 Å². The number of nitrogens with zero attached hydrogens (tertiary/aromatic N) is 4. The van der Waals surface area contributed by atoms with Crippen LogP contribution < -0.4 is 10.5 Å². The first kappa shape index (κ1) is 29.4. The number of benzene rings is 2. The summed E-state index contributed by atoms with van der Waals surface area (Å²) in [5.41, 5.74) is 6.94. The smallest absolute Gasteiger partial charge is 0.245 e. The summed E-state index contributed by atoms with van der Waals surface area (Å²) < 4.78 is 6.21. The van der Waals surface area contributed by atoms with Gasteiger partial charge in [0.05, 0.1) is 5.56 Å². The molecule has 220 valence electrons. The number of para-hydroxylation sites is 2. The van der Waals surface area contributed by atoms with Gasteiger partial charge in [-0.3, -0.25) is 9.59 Å². The van der Waals surface area contributed by atoms with Crippen molar-refractivity contribution in [3.05, 3.63) is 53.1 Å². The van der Waals surface area contributed by atoms with E-state index in [2.05, 4.69) is 25.7 Å². The average molecular weight is 580 g/mol. The highest BCUT2D eigenvalue weighted by Gasteiger charge is 2.48. The van der Waals surface area contributed by atoms with Crippen LogP contribution in [-0.2, 0) is 9.59 Å². The van der Waals surface area contributed by atoms with Crippen LogP contribution in [0.3, 0.4) is 0 Å². The Labute approximate surface area is 248 Å². The van der Waals surface area contributed by atoms with Gasteiger partial charge in [0.2, 0.25) is 11.8 Å². The van der Waals surface area contributed by atoms with E-state index in [-0.39, 0.29) is 23.3 Å². The maximum atomic E-state index is 13.9. The molecule has 41 heavy (non-hydrogen) atoms. The van der Waals surface area contributed by atoms with Gasteiger partial charge in [0.1, 0.15) is 23.3 Å². The number of carbonyl (C=O) groups excluding carboxylic acids is 2. The van der Waals surface area contributed by atoms with Crippen molar-refractivity contribution in [2.45, 2.75) is 70.9 Å². The monoisotopic (exact) mass is 579 g/mol. The zero-order chi connectivity index (χ0) is 29.1. The van der Waals surface area contributed by atoms with Gasteiger partial charge >= 0.3 is 0 Å². The molecule has 2 amide bonds. The molecule has 2 atom stereocenters. The number of amides is 2. The molecule has 0 radical (unpaired) electrons. The summed E-state index contributed by atoms with van der Waals surface area (Å²) in [6, 6.07) is 12.9. The van der Waals surface area contributed by atoms with E-state index in [9.17, 15) is 9.59 Å². The molecule has 5 rings (SSSR count). The van der Waals surface area contributed by atoms with E-state index < -0.39 is 6.04 Å². The van der Waals surface area contributed by atoms with Crippen molar-refractivity contribution in [3.63, 3.8) is 0 Å². The van der Waals surface area contributed by atoms with E-state index in [1.807, 2.05) is 52.3 Å². The standard InChI is InChI=1S/C32H42ClN5O3/c1-4-22(9-7-8-16-34)30(39)38-26(14-15-32(38,2)3)31(40)37-19-17-36(18-20-37)29-24-21-23(33)12-13-27(24)41-28-11-6-5-10-25(28)35-29/h5-6,10-13,21-22,26H,4,7-9,14-20,34H2,1-3H3/t22-,26+/m0/s1. The molecule has 2 N–H and O–H groups in total. The Bertz CT molecular complexity index is 1300. The number of unbranched alkanes of at least 4 members (excludes halogenated alkanes) is 1. The second kappa shape index (κ2) is 12.4. The molecule has 2 aromatic rings. The van der Waals surface area contributed by atoms with Gasteiger partial charge in [-0.15, -0.1) is 0 Å². The number of amidine groups is 1. The topological polar surface area (TPSA) is 91.5 Å². The van der Waals surface area contributed by atoms with Crippen LogP contribution >= 0.6 is 11.6 Å². The van der Waals surface area contributed by atoms with Crippen molar-refractivity contribution in [3.8, 4) is 11.5 Å². The van der Waals surface area contributed by atoms with Gasteiger partial charge in [-0.2, -0.15) is 0 Å². The number of nitrogens with two attached hydrogens (primary N) is 1. The van der Waals surface area contributed by atoms with Crippen molar-refractivity contribution >= 4 is 34.9 Å². The fraction of sp³-hybridized carbons (Fsp3) is 0.531. The van der Waals surface area contributed by atoms with Gasteiger partial charge in [-0.1, -0.05) is 37.1 Å². The van der Waals surface area contributed by atoms with Gasteiger partial charge < -0.3 is 25.2 Å². The Morgan fingerprint density at radius 3 is 2.59 bits per heavy atom. The summed E-state index contributed by atoms with van der Waals surface area (Å²) in [6.07, 6.45) is 4.96. The van der Waals surface area contributed by atoms with Crippen molar-refractivity contribution in [2.75, 3.05) is 32.7 Å². The van der Waals surface area contributed by atoms with Crippen LogP contribution in [0, 0.1) is 5.92 Å². The first-order valence-electron chi connectivity index (χ1n) is 15.0. The van der Waals surface area contributed by atoms with Crippen LogP contribution in [-0.4, -0.2) is 76.7 Å². The number of hydrogen-bond acceptors (Lipinski definition) is 6. The van der Waals surface area contributed by atoms with E-state index in [1.54, 1.807) is 0 Å². The minimum atomic E-state index is -0.414. The van der Waals surface area contributed by atoms with Gasteiger partial charge in [0.15, 0.2) is 5.75 Å². The second-order valence-corrected chi connectivity index (χ2v) is 12.4. The van der Waals surface area contributed by atoms with E-state index in [0.717, 1.165) is 49.2 Å². The number of hydrogen-bond donors (Lipinski definition) is 1. The SMILES string of the molecule is CC[C@@H](CCCCN)C(=O)N1[C@@H](C(=O)N2CCN(C3=Nc4ccccc4Oc4ccc(Cl)cc43)CC2)CCC1(C)C. The quantitative estimate of drug-likeness (QED) is 0.432. The number of likely N-dealkylation sites (tertiary alicyclic amines) is 1. The number of piperazine rings is 1. The van der Waals surface area contributed by atoms with Crippen LogP contribution in [0.1, 0.15) is 64.9 Å². The maximum absolute atomic E-state index is 13.9. The molecule has 0 aromatic heterocycles. The molecule has 3 heterocycles. The molecule has 0 spiro atoms. The number of halogens is 1. The van der Waals surface area contributed by atoms with Crippen LogP contribution in [0.4, 0.5) is 5.69 Å². The van der Waals surface area contributed by atoms with E-state index in [4.69, 9.17) is 27.1 Å². The van der Waals surface area contributed by atoms with Gasteiger partial charge in [-0.05, 0) is 82.8 Å². The zero-order valence-electron chi connectivity index (χ0n) is 24.4. The number of aliphatic imine (C=N–C) groups is 1. The largest absolute Gasteiger partial charge is 0.454 e. The lowest BCUT2D eigenvalue weighted by Gasteiger charge is -2.41. The van der Waals surface area contributed by atoms with Crippen LogP contribution in [0.2, 0.25) is 5.02 Å². The van der Waals surface area contributed by atoms with Crippen molar-refractivity contribution in [1.29, 1.82) is 0 Å². The molecule has 2 saturated heterocycles. The molecule has 3 aliphatic heterocycles. The maximum Gasteiger partial charge on any atom is 0.245 e. The summed E-state index contributed by atoms with van der Waals surface area (Å²) >= 11 is 6.39. The predicted octanol–water partition coefficient (Wildman–Crippen LogP) is 5.59. The van der Waals surface area contributed by atoms with Crippen molar-refractivity contribution in [2.24, 2.45) is 16.6 Å². The molecule has 2 aromatic carbocycles. The normalized spacial score (nSPS) is 20.5. The van der Waals surface area contributed by atoms with Crippen LogP contribution in [0.15, 0.2) is 47.5 Å². The first-order chi connectivity index (χ1) is 19.7. The summed E-state index contributed by atoms with van der Waals surface area (Å²) in [4.78, 5) is 38.8. The number of ether oxygens (including phenoxy) is 1. The molecule has 0 saturated carbocycles. The lowest BCUT2D eigenvalue weighted by molar-refractivity contribution is -0.151. The number of fused-ring (bicyclic) bond motifs is 2. The van der Waals surface area contributed by atoms with Crippen molar-refractivity contribution in [1.82, 2.24) is 14.7 Å². The lowest BCUT2D eigenvalue weighted by Crippen LogP contribution is -2.58. The highest BCUT2D eigenvalue weighted by Crippen LogP contribution is 2.40. The fourth-order valence-corrected chi connectivity index (χ4v) is 6.54. The van der Waals surface area contributed by atoms with Gasteiger partial charge in [0, 0.05) is 42.7 Å². The molecular formula is C32H42ClN5O3. The number of carbonyl (C=O) groups is 2. The van der Waals surface area contributed by atoms with E-state index in [1.165, 1.54) is 0 Å². The highest BCUT2D eigenvalue weighted by molar-refractivity contribution is 6.31.